The summed E-state index contributed by atoms with van der Waals surface area (Å²) in [6.07, 6.45) is 2.22. The SMILES string of the molecule is CNC(=O)CCNCc1ccc(Cl)c2cccnc12. The zero-order chi connectivity index (χ0) is 13.7. The monoisotopic (exact) mass is 277 g/mol. The molecule has 2 N–H and O–H groups in total. The Morgan fingerprint density at radius 3 is 3.00 bits per heavy atom. The molecule has 0 spiro atoms. The third-order valence-corrected chi connectivity index (χ3v) is 3.25. The maximum atomic E-state index is 11.1. The maximum absolute atomic E-state index is 11.1. The van der Waals surface area contributed by atoms with Gasteiger partial charge in [-0.2, -0.15) is 0 Å². The van der Waals surface area contributed by atoms with Crippen LogP contribution in [0.2, 0.25) is 5.02 Å². The second-order valence-electron chi connectivity index (χ2n) is 4.21. The Hall–Kier alpha value is -1.65. The van der Waals surface area contributed by atoms with Crippen molar-refractivity contribution in [1.82, 2.24) is 15.6 Å². The zero-order valence-electron chi connectivity index (χ0n) is 10.7. The quantitative estimate of drug-likeness (QED) is 0.823. The summed E-state index contributed by atoms with van der Waals surface area (Å²) in [6, 6.07) is 7.67. The lowest BCUT2D eigenvalue weighted by Crippen LogP contribution is -2.24. The molecule has 19 heavy (non-hydrogen) atoms. The van der Waals surface area contributed by atoms with Crippen molar-refractivity contribution >= 4 is 28.4 Å². The highest BCUT2D eigenvalue weighted by Crippen LogP contribution is 2.24. The second kappa shape index (κ2) is 6.50. The summed E-state index contributed by atoms with van der Waals surface area (Å²) in [5, 5.41) is 7.49. The average molecular weight is 278 g/mol. The van der Waals surface area contributed by atoms with Crippen LogP contribution in [0, 0.1) is 0 Å². The summed E-state index contributed by atoms with van der Waals surface area (Å²) in [7, 11) is 1.64. The van der Waals surface area contributed by atoms with E-state index in [1.54, 1.807) is 13.2 Å². The highest BCUT2D eigenvalue weighted by atomic mass is 35.5. The second-order valence-corrected chi connectivity index (χ2v) is 4.61. The number of halogens is 1. The molecule has 100 valence electrons. The smallest absolute Gasteiger partial charge is 0.221 e. The summed E-state index contributed by atoms with van der Waals surface area (Å²) in [5.74, 6) is 0.0339. The number of benzene rings is 1. The molecule has 1 aromatic heterocycles. The van der Waals surface area contributed by atoms with Crippen LogP contribution in [0.25, 0.3) is 10.9 Å². The van der Waals surface area contributed by atoms with E-state index in [4.69, 9.17) is 11.6 Å². The first-order valence-electron chi connectivity index (χ1n) is 6.16. The van der Waals surface area contributed by atoms with Gasteiger partial charge in [-0.3, -0.25) is 9.78 Å². The van der Waals surface area contributed by atoms with E-state index in [-0.39, 0.29) is 5.91 Å². The number of nitrogens with one attached hydrogen (secondary N) is 2. The van der Waals surface area contributed by atoms with E-state index in [0.717, 1.165) is 16.5 Å². The average Bonchev–Trinajstić information content (AvgIpc) is 2.45. The Kier molecular flexibility index (Phi) is 4.71. The third kappa shape index (κ3) is 3.43. The van der Waals surface area contributed by atoms with E-state index >= 15 is 0 Å². The number of fused-ring (bicyclic) bond motifs is 1. The van der Waals surface area contributed by atoms with Crippen molar-refractivity contribution in [3.8, 4) is 0 Å². The Morgan fingerprint density at radius 1 is 1.37 bits per heavy atom. The lowest BCUT2D eigenvalue weighted by atomic mass is 10.1. The van der Waals surface area contributed by atoms with Gasteiger partial charge >= 0.3 is 0 Å². The topological polar surface area (TPSA) is 54.0 Å². The van der Waals surface area contributed by atoms with E-state index in [9.17, 15) is 4.79 Å². The van der Waals surface area contributed by atoms with Crippen molar-refractivity contribution in [3.05, 3.63) is 41.0 Å². The molecule has 0 saturated heterocycles. The first-order chi connectivity index (χ1) is 9.22. The molecule has 0 atom stereocenters. The standard InChI is InChI=1S/C14H16ClN3O/c1-16-13(19)6-8-17-9-10-4-5-12(15)11-3-2-7-18-14(10)11/h2-5,7,17H,6,8-9H2,1H3,(H,16,19). The Balaban J connectivity index is 2.05. The molecular formula is C14H16ClN3O. The lowest BCUT2D eigenvalue weighted by Gasteiger charge is -2.08. The normalized spacial score (nSPS) is 10.6. The molecule has 0 radical (unpaired) electrons. The molecule has 5 heteroatoms. The first-order valence-corrected chi connectivity index (χ1v) is 6.53. The van der Waals surface area contributed by atoms with Crippen LogP contribution in [0.15, 0.2) is 30.5 Å². The molecular weight excluding hydrogens is 262 g/mol. The summed E-state index contributed by atoms with van der Waals surface area (Å²) in [6.45, 7) is 1.30. The number of hydrogen-bond donors (Lipinski definition) is 2. The van der Waals surface area contributed by atoms with Crippen LogP contribution in [0.1, 0.15) is 12.0 Å². The van der Waals surface area contributed by atoms with Gasteiger partial charge in [-0.15, -0.1) is 0 Å². The number of amides is 1. The van der Waals surface area contributed by atoms with Crippen LogP contribution in [0.4, 0.5) is 0 Å². The Morgan fingerprint density at radius 2 is 2.21 bits per heavy atom. The largest absolute Gasteiger partial charge is 0.359 e. The minimum Gasteiger partial charge on any atom is -0.359 e. The highest BCUT2D eigenvalue weighted by molar-refractivity contribution is 6.35. The van der Waals surface area contributed by atoms with Crippen molar-refractivity contribution in [3.63, 3.8) is 0 Å². The van der Waals surface area contributed by atoms with E-state index in [2.05, 4.69) is 15.6 Å². The van der Waals surface area contributed by atoms with E-state index in [0.29, 0.717) is 24.5 Å². The van der Waals surface area contributed by atoms with Crippen LogP contribution in [0.5, 0.6) is 0 Å². The van der Waals surface area contributed by atoms with Gasteiger partial charge < -0.3 is 10.6 Å². The molecule has 0 unspecified atom stereocenters. The lowest BCUT2D eigenvalue weighted by molar-refractivity contribution is -0.120. The van der Waals surface area contributed by atoms with E-state index in [1.165, 1.54) is 0 Å². The molecule has 0 aliphatic rings. The minimum atomic E-state index is 0.0339. The van der Waals surface area contributed by atoms with Crippen LogP contribution >= 0.6 is 11.6 Å². The minimum absolute atomic E-state index is 0.0339. The number of rotatable bonds is 5. The van der Waals surface area contributed by atoms with E-state index < -0.39 is 0 Å². The first kappa shape index (κ1) is 13.8. The Bertz CT molecular complexity index is 586. The third-order valence-electron chi connectivity index (χ3n) is 2.92. The van der Waals surface area contributed by atoms with Crippen molar-refractivity contribution < 1.29 is 4.79 Å². The molecule has 0 aliphatic heterocycles. The number of hydrogen-bond acceptors (Lipinski definition) is 3. The van der Waals surface area contributed by atoms with Crippen molar-refractivity contribution in [2.75, 3.05) is 13.6 Å². The van der Waals surface area contributed by atoms with Gasteiger partial charge in [0.05, 0.1) is 5.52 Å². The molecule has 0 fully saturated rings. The molecule has 2 aromatic rings. The Labute approximate surface area is 117 Å². The van der Waals surface area contributed by atoms with Crippen LogP contribution in [-0.4, -0.2) is 24.5 Å². The molecule has 1 aromatic carbocycles. The number of nitrogens with zero attached hydrogens (tertiary/aromatic N) is 1. The van der Waals surface area contributed by atoms with Crippen LogP contribution < -0.4 is 10.6 Å². The van der Waals surface area contributed by atoms with Gasteiger partial charge in [-0.25, -0.2) is 0 Å². The number of aromatic nitrogens is 1. The highest BCUT2D eigenvalue weighted by Gasteiger charge is 2.05. The fourth-order valence-electron chi connectivity index (χ4n) is 1.89. The fourth-order valence-corrected chi connectivity index (χ4v) is 2.10. The summed E-state index contributed by atoms with van der Waals surface area (Å²) in [4.78, 5) is 15.5. The molecule has 1 amide bonds. The molecule has 2 rings (SSSR count). The van der Waals surface area contributed by atoms with E-state index in [1.807, 2.05) is 24.3 Å². The molecule has 1 heterocycles. The summed E-state index contributed by atoms with van der Waals surface area (Å²) >= 11 is 6.14. The van der Waals surface area contributed by atoms with Crippen molar-refractivity contribution in [2.24, 2.45) is 0 Å². The summed E-state index contributed by atoms with van der Waals surface area (Å²) < 4.78 is 0. The van der Waals surface area contributed by atoms with Crippen LogP contribution in [-0.2, 0) is 11.3 Å². The fraction of sp³-hybridized carbons (Fsp3) is 0.286. The zero-order valence-corrected chi connectivity index (χ0v) is 11.5. The number of pyridine rings is 1. The number of carbonyl (C=O) groups excluding carboxylic acids is 1. The van der Waals surface area contributed by atoms with Crippen molar-refractivity contribution in [1.29, 1.82) is 0 Å². The molecule has 0 bridgehead atoms. The van der Waals surface area contributed by atoms with Crippen molar-refractivity contribution in [2.45, 2.75) is 13.0 Å². The van der Waals surface area contributed by atoms with Gasteiger partial charge in [0.25, 0.3) is 0 Å². The van der Waals surface area contributed by atoms with Gasteiger partial charge in [-0.1, -0.05) is 17.7 Å². The molecule has 0 aliphatic carbocycles. The van der Waals surface area contributed by atoms with Crippen LogP contribution in [0.3, 0.4) is 0 Å². The maximum Gasteiger partial charge on any atom is 0.221 e. The molecule has 0 saturated carbocycles. The number of carbonyl (C=O) groups is 1. The van der Waals surface area contributed by atoms with Gasteiger partial charge in [0, 0.05) is 43.2 Å². The summed E-state index contributed by atoms with van der Waals surface area (Å²) in [5.41, 5.74) is 1.99. The predicted molar refractivity (Wildman–Crippen MR) is 77.1 cm³/mol. The van der Waals surface area contributed by atoms with Gasteiger partial charge in [0.15, 0.2) is 0 Å². The van der Waals surface area contributed by atoms with Gasteiger partial charge in [0.1, 0.15) is 0 Å². The van der Waals surface area contributed by atoms with Gasteiger partial charge in [0.2, 0.25) is 5.91 Å². The molecule has 4 nitrogen and oxygen atoms in total. The predicted octanol–water partition coefficient (Wildman–Crippen LogP) is 2.11. The van der Waals surface area contributed by atoms with Gasteiger partial charge in [-0.05, 0) is 23.8 Å².